The van der Waals surface area contributed by atoms with E-state index in [0.29, 0.717) is 22.0 Å². The molecule has 2 aromatic carbocycles. The molecular weight excluding hydrogens is 392 g/mol. The van der Waals surface area contributed by atoms with Crippen LogP contribution >= 0.6 is 23.8 Å². The average molecular weight is 409 g/mol. The van der Waals surface area contributed by atoms with Gasteiger partial charge in [-0.2, -0.15) is 5.10 Å². The van der Waals surface area contributed by atoms with E-state index in [2.05, 4.69) is 14.9 Å². The van der Waals surface area contributed by atoms with Gasteiger partial charge in [-0.25, -0.2) is 13.1 Å². The van der Waals surface area contributed by atoms with Crippen LogP contribution in [0.25, 0.3) is 0 Å². The Labute approximate surface area is 161 Å². The van der Waals surface area contributed by atoms with Gasteiger partial charge in [0.1, 0.15) is 5.82 Å². The second-order valence-electron chi connectivity index (χ2n) is 5.76. The number of halogens is 1. The molecule has 3 aromatic rings. The summed E-state index contributed by atoms with van der Waals surface area (Å²) in [5.74, 6) is 0.511. The third-order valence-corrected chi connectivity index (χ3v) is 6.03. The maximum Gasteiger partial charge on any atom is 0.241 e. The van der Waals surface area contributed by atoms with Crippen LogP contribution in [0.2, 0.25) is 5.02 Å². The van der Waals surface area contributed by atoms with E-state index in [4.69, 9.17) is 23.8 Å². The second-order valence-corrected chi connectivity index (χ2v) is 8.30. The van der Waals surface area contributed by atoms with E-state index in [-0.39, 0.29) is 4.90 Å². The number of hydrogen-bond acceptors (Lipinski definition) is 4. The lowest BCUT2D eigenvalue weighted by Crippen LogP contribution is -2.32. The minimum Gasteiger partial charge on any atom is -0.306 e. The van der Waals surface area contributed by atoms with E-state index < -0.39 is 16.1 Å². The molecule has 0 bridgehead atoms. The molecule has 0 amide bonds. The van der Waals surface area contributed by atoms with Crippen molar-refractivity contribution in [3.05, 3.63) is 75.8 Å². The Morgan fingerprint density at radius 2 is 1.85 bits per heavy atom. The molecule has 1 atom stereocenters. The monoisotopic (exact) mass is 408 g/mol. The van der Waals surface area contributed by atoms with Gasteiger partial charge in [-0.05, 0) is 48.5 Å². The Hall–Kier alpha value is -2.00. The highest BCUT2D eigenvalue weighted by Gasteiger charge is 2.25. The summed E-state index contributed by atoms with van der Waals surface area (Å²) in [4.78, 5) is 0.136. The molecule has 136 valence electrons. The zero-order valence-corrected chi connectivity index (χ0v) is 16.3. The van der Waals surface area contributed by atoms with Crippen molar-refractivity contribution < 1.29 is 8.42 Å². The number of benzene rings is 2. The molecule has 0 radical (unpaired) electrons. The number of nitrogens with zero attached hydrogens (tertiary/aromatic N) is 2. The standard InChI is InChI=1S/C17H17ClN4O2S2/c1-22-16(19-20-17(22)25)15(11-12-5-3-2-4-6-12)21-26(23,24)14-9-7-13(18)8-10-14/h2-10,15,21H,11H2,1H3,(H,20,25). The third-order valence-electron chi connectivity index (χ3n) is 3.93. The van der Waals surface area contributed by atoms with Crippen LogP contribution in [0.3, 0.4) is 0 Å². The third kappa shape index (κ3) is 4.21. The first-order chi connectivity index (χ1) is 12.4. The van der Waals surface area contributed by atoms with Gasteiger partial charge in [0.25, 0.3) is 0 Å². The summed E-state index contributed by atoms with van der Waals surface area (Å²) in [6, 6.07) is 15.0. The summed E-state index contributed by atoms with van der Waals surface area (Å²) in [5.41, 5.74) is 0.977. The minimum atomic E-state index is -3.76. The lowest BCUT2D eigenvalue weighted by Gasteiger charge is -2.18. The van der Waals surface area contributed by atoms with Crippen LogP contribution in [0, 0.1) is 4.77 Å². The summed E-state index contributed by atoms with van der Waals surface area (Å²) in [7, 11) is -2.02. The highest BCUT2D eigenvalue weighted by atomic mass is 35.5. The molecule has 0 aliphatic carbocycles. The fourth-order valence-corrected chi connectivity index (χ4v) is 4.03. The summed E-state index contributed by atoms with van der Waals surface area (Å²) in [5, 5.41) is 7.37. The Balaban J connectivity index is 1.96. The number of aromatic nitrogens is 3. The Morgan fingerprint density at radius 3 is 2.42 bits per heavy atom. The van der Waals surface area contributed by atoms with E-state index in [9.17, 15) is 8.42 Å². The summed E-state index contributed by atoms with van der Waals surface area (Å²) >= 11 is 11.0. The molecule has 0 spiro atoms. The fraction of sp³-hybridized carbons (Fsp3) is 0.176. The van der Waals surface area contributed by atoms with Crippen LogP contribution < -0.4 is 4.72 Å². The Morgan fingerprint density at radius 1 is 1.19 bits per heavy atom. The zero-order chi connectivity index (χ0) is 18.7. The van der Waals surface area contributed by atoms with Gasteiger partial charge in [0, 0.05) is 12.1 Å². The van der Waals surface area contributed by atoms with Crippen molar-refractivity contribution in [2.75, 3.05) is 0 Å². The first kappa shape index (κ1) is 18.8. The fourth-order valence-electron chi connectivity index (χ4n) is 2.58. The molecule has 6 nitrogen and oxygen atoms in total. The van der Waals surface area contributed by atoms with E-state index in [1.807, 2.05) is 30.3 Å². The summed E-state index contributed by atoms with van der Waals surface area (Å²) in [6.07, 6.45) is 0.432. The van der Waals surface area contributed by atoms with Crippen molar-refractivity contribution >= 4 is 33.8 Å². The molecule has 1 heterocycles. The molecule has 1 unspecified atom stereocenters. The lowest BCUT2D eigenvalue weighted by molar-refractivity contribution is 0.533. The predicted molar refractivity (Wildman–Crippen MR) is 103 cm³/mol. The van der Waals surface area contributed by atoms with Crippen LogP contribution in [-0.4, -0.2) is 23.2 Å². The van der Waals surface area contributed by atoms with E-state index >= 15 is 0 Å². The number of hydrogen-bond donors (Lipinski definition) is 2. The molecule has 1 aromatic heterocycles. The average Bonchev–Trinajstić information content (AvgIpc) is 2.95. The minimum absolute atomic E-state index is 0.136. The van der Waals surface area contributed by atoms with Gasteiger partial charge < -0.3 is 4.57 Å². The first-order valence-corrected chi connectivity index (χ1v) is 10.1. The van der Waals surface area contributed by atoms with Gasteiger partial charge in [0.15, 0.2) is 4.77 Å². The first-order valence-electron chi connectivity index (χ1n) is 7.80. The maximum atomic E-state index is 12.8. The van der Waals surface area contributed by atoms with E-state index in [0.717, 1.165) is 5.56 Å². The molecule has 0 saturated heterocycles. The normalized spacial score (nSPS) is 12.8. The van der Waals surface area contributed by atoms with Gasteiger partial charge in [-0.15, -0.1) is 0 Å². The molecular formula is C17H17ClN4O2S2. The smallest absolute Gasteiger partial charge is 0.241 e. The molecule has 0 saturated carbocycles. The van der Waals surface area contributed by atoms with Crippen LogP contribution in [0.5, 0.6) is 0 Å². The van der Waals surface area contributed by atoms with Crippen molar-refractivity contribution in [3.8, 4) is 0 Å². The Bertz CT molecular complexity index is 1040. The highest BCUT2D eigenvalue weighted by Crippen LogP contribution is 2.21. The number of nitrogens with one attached hydrogen (secondary N) is 2. The predicted octanol–water partition coefficient (Wildman–Crippen LogP) is 3.39. The molecule has 26 heavy (non-hydrogen) atoms. The van der Waals surface area contributed by atoms with Crippen molar-refractivity contribution in [2.24, 2.45) is 7.05 Å². The van der Waals surface area contributed by atoms with Gasteiger partial charge in [-0.1, -0.05) is 41.9 Å². The molecule has 9 heteroatoms. The molecule has 2 N–H and O–H groups in total. The van der Waals surface area contributed by atoms with Crippen molar-refractivity contribution in [1.29, 1.82) is 0 Å². The maximum absolute atomic E-state index is 12.8. The summed E-state index contributed by atoms with van der Waals surface area (Å²) in [6.45, 7) is 0. The summed E-state index contributed by atoms with van der Waals surface area (Å²) < 4.78 is 30.4. The Kier molecular flexibility index (Phi) is 5.57. The number of rotatable bonds is 6. The topological polar surface area (TPSA) is 79.8 Å². The van der Waals surface area contributed by atoms with Crippen LogP contribution in [0.1, 0.15) is 17.4 Å². The van der Waals surface area contributed by atoms with E-state index in [1.165, 1.54) is 24.3 Å². The SMILES string of the molecule is Cn1c(C(Cc2ccccc2)NS(=O)(=O)c2ccc(Cl)cc2)n[nH]c1=S. The molecule has 3 rings (SSSR count). The lowest BCUT2D eigenvalue weighted by atomic mass is 10.1. The van der Waals surface area contributed by atoms with Gasteiger partial charge in [0.05, 0.1) is 10.9 Å². The van der Waals surface area contributed by atoms with Crippen LogP contribution in [-0.2, 0) is 23.5 Å². The van der Waals surface area contributed by atoms with Gasteiger partial charge in [-0.3, -0.25) is 5.10 Å². The highest BCUT2D eigenvalue weighted by molar-refractivity contribution is 7.89. The molecule has 0 fully saturated rings. The largest absolute Gasteiger partial charge is 0.306 e. The second kappa shape index (κ2) is 7.71. The van der Waals surface area contributed by atoms with Gasteiger partial charge in [0.2, 0.25) is 10.0 Å². The van der Waals surface area contributed by atoms with Crippen molar-refractivity contribution in [1.82, 2.24) is 19.5 Å². The van der Waals surface area contributed by atoms with Crippen LogP contribution in [0.15, 0.2) is 59.5 Å². The quantitative estimate of drug-likeness (QED) is 0.612. The van der Waals surface area contributed by atoms with Gasteiger partial charge >= 0.3 is 0 Å². The van der Waals surface area contributed by atoms with E-state index in [1.54, 1.807) is 11.6 Å². The zero-order valence-electron chi connectivity index (χ0n) is 13.9. The van der Waals surface area contributed by atoms with Crippen LogP contribution in [0.4, 0.5) is 0 Å². The number of aromatic amines is 1. The van der Waals surface area contributed by atoms with Crippen molar-refractivity contribution in [3.63, 3.8) is 0 Å². The molecule has 0 aliphatic rings. The van der Waals surface area contributed by atoms with Crippen molar-refractivity contribution in [2.45, 2.75) is 17.4 Å². The molecule has 0 aliphatic heterocycles. The number of H-pyrrole nitrogens is 1. The number of sulfonamides is 1.